The van der Waals surface area contributed by atoms with Crippen LogP contribution in [-0.4, -0.2) is 56.4 Å². The van der Waals surface area contributed by atoms with Gasteiger partial charge in [-0.2, -0.15) is 0 Å². The number of hydrogen-bond donors (Lipinski definition) is 6. The van der Waals surface area contributed by atoms with E-state index in [-0.39, 0.29) is 11.1 Å². The largest absolute Gasteiger partial charge is 0.399 e. The molecule has 0 radical (unpaired) electrons. The van der Waals surface area contributed by atoms with Crippen molar-refractivity contribution < 1.29 is 30.0 Å². The minimum Gasteiger partial charge on any atom is -0.399 e. The molecule has 0 saturated carbocycles. The van der Waals surface area contributed by atoms with Crippen molar-refractivity contribution in [2.75, 3.05) is 11.5 Å². The molecule has 0 aromatic heterocycles. The Kier molecular flexibility index (Phi) is 4.09. The summed E-state index contributed by atoms with van der Waals surface area (Å²) in [5.74, 6) is -1.74. The maximum atomic E-state index is 13.1. The molecule has 4 rings (SSSR count). The standard InChI is InChI=1S/C20H18N2O6/c21-7-1-3-9-11(5-7)14-10-4-2-8(22)6-12(10)13(9)15(23)17(25)19(27)20(28)18(26)16(14)24/h1-6,17-20,25-28H,21-22H2. The lowest BCUT2D eigenvalue weighted by Gasteiger charge is -2.29. The van der Waals surface area contributed by atoms with Gasteiger partial charge < -0.3 is 31.9 Å². The van der Waals surface area contributed by atoms with Crippen molar-refractivity contribution in [3.8, 4) is 0 Å². The van der Waals surface area contributed by atoms with E-state index in [1.54, 1.807) is 0 Å². The molecule has 4 atom stereocenters. The Balaban J connectivity index is 2.29. The van der Waals surface area contributed by atoms with Crippen molar-refractivity contribution in [3.63, 3.8) is 0 Å². The molecule has 4 unspecified atom stereocenters. The summed E-state index contributed by atoms with van der Waals surface area (Å²) in [5.41, 5.74) is 12.5. The Morgan fingerprint density at radius 1 is 0.607 bits per heavy atom. The second-order valence-electron chi connectivity index (χ2n) is 6.96. The van der Waals surface area contributed by atoms with E-state index >= 15 is 0 Å². The minimum atomic E-state index is -2.06. The van der Waals surface area contributed by atoms with Gasteiger partial charge in [-0.3, -0.25) is 9.59 Å². The molecule has 3 aromatic rings. The molecule has 8 nitrogen and oxygen atoms in total. The van der Waals surface area contributed by atoms with E-state index in [1.165, 1.54) is 36.4 Å². The van der Waals surface area contributed by atoms with E-state index in [2.05, 4.69) is 0 Å². The van der Waals surface area contributed by atoms with Gasteiger partial charge in [0.2, 0.25) is 0 Å². The highest BCUT2D eigenvalue weighted by atomic mass is 16.4. The van der Waals surface area contributed by atoms with Crippen molar-refractivity contribution in [2.24, 2.45) is 0 Å². The van der Waals surface area contributed by atoms with Crippen LogP contribution >= 0.6 is 0 Å². The van der Waals surface area contributed by atoms with Crippen LogP contribution in [0, 0.1) is 0 Å². The third kappa shape index (κ3) is 2.47. The lowest BCUT2D eigenvalue weighted by atomic mass is 9.81. The summed E-state index contributed by atoms with van der Waals surface area (Å²) in [4.78, 5) is 26.2. The molecule has 0 fully saturated rings. The first kappa shape index (κ1) is 18.3. The summed E-state index contributed by atoms with van der Waals surface area (Å²) >= 11 is 0. The quantitative estimate of drug-likeness (QED) is 0.233. The molecule has 28 heavy (non-hydrogen) atoms. The maximum absolute atomic E-state index is 13.1. The molecule has 0 aliphatic heterocycles. The van der Waals surface area contributed by atoms with Crippen LogP contribution in [0.25, 0.3) is 21.5 Å². The fourth-order valence-corrected chi connectivity index (χ4v) is 3.77. The van der Waals surface area contributed by atoms with Crippen molar-refractivity contribution in [2.45, 2.75) is 24.4 Å². The average molecular weight is 382 g/mol. The number of nitrogens with two attached hydrogens (primary N) is 2. The number of aliphatic hydroxyl groups excluding tert-OH is 4. The predicted octanol–water partition coefficient (Wildman–Crippen LogP) is -0.0200. The number of benzene rings is 3. The van der Waals surface area contributed by atoms with E-state index in [9.17, 15) is 30.0 Å². The van der Waals surface area contributed by atoms with Gasteiger partial charge in [0.15, 0.2) is 11.6 Å². The smallest absolute Gasteiger partial charge is 0.195 e. The number of nitrogen functional groups attached to an aromatic ring is 2. The van der Waals surface area contributed by atoms with Crippen molar-refractivity contribution >= 4 is 44.5 Å². The third-order valence-corrected chi connectivity index (χ3v) is 5.19. The van der Waals surface area contributed by atoms with Gasteiger partial charge in [-0.1, -0.05) is 12.1 Å². The Hall–Kier alpha value is -3.04. The number of ketones is 2. The van der Waals surface area contributed by atoms with Gasteiger partial charge in [0.1, 0.15) is 24.4 Å². The molecule has 0 amide bonds. The molecule has 8 heteroatoms. The van der Waals surface area contributed by atoms with Crippen molar-refractivity contribution in [3.05, 3.63) is 47.5 Å². The van der Waals surface area contributed by atoms with Gasteiger partial charge in [0, 0.05) is 22.5 Å². The highest BCUT2D eigenvalue weighted by Gasteiger charge is 2.41. The van der Waals surface area contributed by atoms with Gasteiger partial charge in [-0.15, -0.1) is 0 Å². The maximum Gasteiger partial charge on any atom is 0.195 e. The van der Waals surface area contributed by atoms with Crippen LogP contribution in [0.15, 0.2) is 36.4 Å². The zero-order chi connectivity index (χ0) is 20.3. The van der Waals surface area contributed by atoms with Crippen LogP contribution < -0.4 is 11.5 Å². The van der Waals surface area contributed by atoms with Crippen molar-refractivity contribution in [1.29, 1.82) is 0 Å². The Morgan fingerprint density at radius 2 is 0.964 bits per heavy atom. The van der Waals surface area contributed by atoms with Crippen LogP contribution in [0.1, 0.15) is 20.7 Å². The number of carbonyl (C=O) groups excluding carboxylic acids is 2. The van der Waals surface area contributed by atoms with Crippen LogP contribution in [0.3, 0.4) is 0 Å². The summed E-state index contributed by atoms with van der Waals surface area (Å²) < 4.78 is 0. The number of aliphatic hydroxyl groups is 4. The van der Waals surface area contributed by atoms with Crippen LogP contribution in [0.5, 0.6) is 0 Å². The van der Waals surface area contributed by atoms with Crippen LogP contribution in [0.4, 0.5) is 11.4 Å². The Labute approximate surface area is 158 Å². The zero-order valence-corrected chi connectivity index (χ0v) is 14.5. The zero-order valence-electron chi connectivity index (χ0n) is 14.5. The molecule has 0 heterocycles. The lowest BCUT2D eigenvalue weighted by Crippen LogP contribution is -2.50. The summed E-state index contributed by atoms with van der Waals surface area (Å²) in [5, 5.41) is 42.3. The number of fused-ring (bicyclic) bond motifs is 3. The number of Topliss-reactive ketones (excluding diaryl/α,β-unsaturated/α-hetero) is 2. The second kappa shape index (κ2) is 6.25. The van der Waals surface area contributed by atoms with E-state index in [4.69, 9.17) is 11.5 Å². The van der Waals surface area contributed by atoms with Crippen LogP contribution in [0.2, 0.25) is 0 Å². The number of hydrogen-bond acceptors (Lipinski definition) is 8. The third-order valence-electron chi connectivity index (χ3n) is 5.19. The molecular formula is C20H18N2O6. The Bertz CT molecular complexity index is 1070. The second-order valence-corrected chi connectivity index (χ2v) is 6.96. The van der Waals surface area contributed by atoms with E-state index < -0.39 is 36.0 Å². The summed E-state index contributed by atoms with van der Waals surface area (Å²) in [6, 6.07) is 9.09. The molecular weight excluding hydrogens is 364 g/mol. The minimum absolute atomic E-state index is 0.0454. The number of carbonyl (C=O) groups is 2. The van der Waals surface area contributed by atoms with Crippen LogP contribution in [-0.2, 0) is 0 Å². The highest BCUT2D eigenvalue weighted by molar-refractivity contribution is 6.29. The number of anilines is 2. The first-order valence-electron chi connectivity index (χ1n) is 8.57. The molecule has 0 saturated heterocycles. The molecule has 2 bridgehead atoms. The topological polar surface area (TPSA) is 167 Å². The fraction of sp³-hybridized carbons (Fsp3) is 0.200. The highest BCUT2D eigenvalue weighted by Crippen LogP contribution is 2.38. The first-order chi connectivity index (χ1) is 13.2. The SMILES string of the molecule is Nc1ccc2c3c4cc(N)ccc4c(c2c1)C(=O)C(O)C(O)C(O)C(O)C3=O. The van der Waals surface area contributed by atoms with Gasteiger partial charge >= 0.3 is 0 Å². The molecule has 144 valence electrons. The normalized spacial score (nSPS) is 25.6. The summed E-state index contributed by atoms with van der Waals surface area (Å²) in [6.45, 7) is 0. The molecule has 0 spiro atoms. The van der Waals surface area contributed by atoms with Gasteiger partial charge in [0.25, 0.3) is 0 Å². The first-order valence-corrected chi connectivity index (χ1v) is 8.57. The fourth-order valence-electron chi connectivity index (χ4n) is 3.77. The van der Waals surface area contributed by atoms with Gasteiger partial charge in [0.05, 0.1) is 0 Å². The summed E-state index contributed by atoms with van der Waals surface area (Å²) in [6.07, 6.45) is -8.24. The summed E-state index contributed by atoms with van der Waals surface area (Å²) in [7, 11) is 0. The van der Waals surface area contributed by atoms with E-state index in [0.29, 0.717) is 32.9 Å². The molecule has 1 aliphatic rings. The van der Waals surface area contributed by atoms with Crippen molar-refractivity contribution in [1.82, 2.24) is 0 Å². The van der Waals surface area contributed by atoms with Gasteiger partial charge in [-0.25, -0.2) is 0 Å². The molecule has 3 aromatic carbocycles. The Morgan fingerprint density at radius 3 is 1.32 bits per heavy atom. The molecule has 1 aliphatic carbocycles. The van der Waals surface area contributed by atoms with Gasteiger partial charge in [-0.05, 0) is 45.8 Å². The average Bonchev–Trinajstić information content (AvgIpc) is 2.68. The monoisotopic (exact) mass is 382 g/mol. The lowest BCUT2D eigenvalue weighted by molar-refractivity contribution is -0.0842. The number of rotatable bonds is 0. The predicted molar refractivity (Wildman–Crippen MR) is 103 cm³/mol. The molecule has 8 N–H and O–H groups in total. The van der Waals surface area contributed by atoms with E-state index in [1.807, 2.05) is 0 Å². The van der Waals surface area contributed by atoms with E-state index in [0.717, 1.165) is 0 Å².